The van der Waals surface area contributed by atoms with Crippen LogP contribution in [0.5, 0.6) is 5.75 Å². The molecular weight excluding hydrogens is 822 g/mol. The van der Waals surface area contributed by atoms with E-state index in [1.165, 1.54) is 84.3 Å². The van der Waals surface area contributed by atoms with Gasteiger partial charge in [0.15, 0.2) is 0 Å². The molecule has 4 nitrogen and oxygen atoms in total. The molecule has 0 amide bonds. The molecule has 0 aliphatic rings. The van der Waals surface area contributed by atoms with Crippen LogP contribution in [0.4, 0.5) is 0 Å². The smallest absolute Gasteiger partial charge is 0.330 e. The third-order valence-corrected chi connectivity index (χ3v) is 11.6. The van der Waals surface area contributed by atoms with Crippen molar-refractivity contribution in [3.05, 3.63) is 121 Å². The number of rotatable bonds is 19. The second-order valence-electron chi connectivity index (χ2n) is 11.7. The number of carbonyl (C=O) groups is 1. The van der Waals surface area contributed by atoms with Crippen LogP contribution in [0.1, 0.15) is 67.7 Å². The maximum atomic E-state index is 11.1. The topological polar surface area (TPSA) is 44.8 Å². The quantitative estimate of drug-likeness (QED) is 0.0310. The van der Waals surface area contributed by atoms with Crippen LogP contribution in [0.25, 0.3) is 34.4 Å². The first kappa shape index (κ1) is 37.9. The molecule has 0 saturated heterocycles. The molecule has 48 heavy (non-hydrogen) atoms. The van der Waals surface area contributed by atoms with Crippen molar-refractivity contribution in [3.63, 3.8) is 0 Å². The Hall–Kier alpha value is -2.95. The number of unbranched alkanes of at least 4 members (excludes halogenated alkanes) is 4. The molecule has 6 heteroatoms. The number of carbonyl (C=O) groups excluding carboxylic acids is 1. The Bertz CT molecular complexity index is 1640. The van der Waals surface area contributed by atoms with Crippen molar-refractivity contribution in [2.45, 2.75) is 58.3 Å². The van der Waals surface area contributed by atoms with Gasteiger partial charge in [-0.1, -0.05) is 112 Å². The van der Waals surface area contributed by atoms with E-state index in [1.54, 1.807) is 7.11 Å². The van der Waals surface area contributed by atoms with E-state index < -0.39 is 5.97 Å². The first-order valence-electron chi connectivity index (χ1n) is 16.8. The highest BCUT2D eigenvalue weighted by molar-refractivity contribution is 14.1. The Labute approximate surface area is 314 Å². The van der Waals surface area contributed by atoms with Crippen LogP contribution >= 0.6 is 45.2 Å². The van der Waals surface area contributed by atoms with Gasteiger partial charge in [-0.3, -0.25) is 0 Å². The molecule has 0 N–H and O–H groups in total. The van der Waals surface area contributed by atoms with Crippen molar-refractivity contribution >= 4 is 63.3 Å². The zero-order valence-corrected chi connectivity index (χ0v) is 32.4. The molecule has 0 heterocycles. The molecule has 0 aliphatic carbocycles. The minimum absolute atomic E-state index is 0.319. The fourth-order valence-electron chi connectivity index (χ4n) is 5.56. The number of hydrogen-bond donors (Lipinski definition) is 0. The lowest BCUT2D eigenvalue weighted by molar-refractivity contribution is -0.137. The molecule has 0 aromatic heterocycles. The number of aryl methyl sites for hydroxylation is 2. The summed E-state index contributed by atoms with van der Waals surface area (Å²) >= 11 is 5.04. The van der Waals surface area contributed by atoms with Crippen molar-refractivity contribution in [1.82, 2.24) is 0 Å². The first-order chi connectivity index (χ1) is 23.4. The summed E-state index contributed by atoms with van der Waals surface area (Å²) in [6.07, 6.45) is 14.4. The number of halogens is 2. The number of methoxy groups -OCH3 is 1. The summed E-state index contributed by atoms with van der Waals surface area (Å²) in [5.74, 6) is 0.386. The third-order valence-electron chi connectivity index (χ3n) is 8.28. The van der Waals surface area contributed by atoms with E-state index in [0.29, 0.717) is 19.6 Å². The first-order valence-corrected chi connectivity index (χ1v) is 19.0. The van der Waals surface area contributed by atoms with Crippen molar-refractivity contribution < 1.29 is 19.0 Å². The highest BCUT2D eigenvalue weighted by Crippen LogP contribution is 2.37. The average molecular weight is 869 g/mol. The lowest BCUT2D eigenvalue weighted by Gasteiger charge is -2.15. The van der Waals surface area contributed by atoms with Crippen LogP contribution in [0.3, 0.4) is 0 Å². The Morgan fingerprint density at radius 3 is 2.08 bits per heavy atom. The van der Waals surface area contributed by atoms with Crippen molar-refractivity contribution in [3.8, 4) is 28.0 Å². The summed E-state index contributed by atoms with van der Waals surface area (Å²) in [6.45, 7) is 7.30. The highest BCUT2D eigenvalue weighted by atomic mass is 127. The van der Waals surface area contributed by atoms with E-state index in [9.17, 15) is 4.79 Å². The maximum Gasteiger partial charge on any atom is 0.330 e. The SMILES string of the molecule is C=CC(=O)OCCCOc1ccc(/C=C/c2ccc(-c3ccc(-c4ccc(CCCCCCCOC)cc4)c(I)c3I)c(CC)c2)cc1. The molecule has 4 aromatic rings. The average Bonchev–Trinajstić information content (AvgIpc) is 3.12. The number of esters is 1. The van der Waals surface area contributed by atoms with Gasteiger partial charge in [-0.15, -0.1) is 0 Å². The Morgan fingerprint density at radius 2 is 1.35 bits per heavy atom. The van der Waals surface area contributed by atoms with Crippen LogP contribution in [0.15, 0.2) is 91.5 Å². The van der Waals surface area contributed by atoms with Crippen LogP contribution in [0, 0.1) is 7.14 Å². The molecule has 0 unspecified atom stereocenters. The van der Waals surface area contributed by atoms with Gasteiger partial charge in [0.1, 0.15) is 5.75 Å². The monoisotopic (exact) mass is 868 g/mol. The van der Waals surface area contributed by atoms with Crippen molar-refractivity contribution in [2.75, 3.05) is 26.9 Å². The van der Waals surface area contributed by atoms with E-state index in [-0.39, 0.29) is 0 Å². The zero-order chi connectivity index (χ0) is 34.1. The molecule has 4 rings (SSSR count). The minimum Gasteiger partial charge on any atom is -0.493 e. The predicted octanol–water partition coefficient (Wildman–Crippen LogP) is 11.6. The van der Waals surface area contributed by atoms with E-state index in [4.69, 9.17) is 14.2 Å². The predicted molar refractivity (Wildman–Crippen MR) is 217 cm³/mol. The van der Waals surface area contributed by atoms with Gasteiger partial charge in [-0.05, 0) is 128 Å². The lowest BCUT2D eigenvalue weighted by Crippen LogP contribution is -2.06. The van der Waals surface area contributed by atoms with E-state index >= 15 is 0 Å². The molecule has 0 aliphatic heterocycles. The fourth-order valence-corrected chi connectivity index (χ4v) is 7.10. The summed E-state index contributed by atoms with van der Waals surface area (Å²) in [6, 6.07) is 28.5. The van der Waals surface area contributed by atoms with Crippen LogP contribution in [-0.2, 0) is 27.1 Å². The number of benzene rings is 4. The molecule has 252 valence electrons. The highest BCUT2D eigenvalue weighted by Gasteiger charge is 2.14. The second kappa shape index (κ2) is 20.5. The number of hydrogen-bond acceptors (Lipinski definition) is 4. The molecule has 4 aromatic carbocycles. The van der Waals surface area contributed by atoms with Gasteiger partial charge < -0.3 is 14.2 Å². The van der Waals surface area contributed by atoms with Crippen LogP contribution in [-0.4, -0.2) is 32.9 Å². The largest absolute Gasteiger partial charge is 0.493 e. The lowest BCUT2D eigenvalue weighted by atomic mass is 9.94. The van der Waals surface area contributed by atoms with Gasteiger partial charge in [0.2, 0.25) is 0 Å². The molecule has 0 atom stereocenters. The van der Waals surface area contributed by atoms with Gasteiger partial charge in [-0.25, -0.2) is 4.79 Å². The summed E-state index contributed by atoms with van der Waals surface area (Å²) in [7, 11) is 1.78. The van der Waals surface area contributed by atoms with Crippen molar-refractivity contribution in [1.29, 1.82) is 0 Å². The molecule has 0 bridgehead atoms. The molecule has 0 saturated carbocycles. The Kier molecular flexibility index (Phi) is 16.2. The Balaban J connectivity index is 1.36. The van der Waals surface area contributed by atoms with Gasteiger partial charge in [0.25, 0.3) is 0 Å². The third kappa shape index (κ3) is 11.6. The summed E-state index contributed by atoms with van der Waals surface area (Å²) in [5.41, 5.74) is 10.2. The van der Waals surface area contributed by atoms with Crippen LogP contribution in [0.2, 0.25) is 0 Å². The van der Waals surface area contributed by atoms with E-state index in [1.807, 2.05) is 24.3 Å². The molecule has 0 spiro atoms. The van der Waals surface area contributed by atoms with Crippen LogP contribution < -0.4 is 4.74 Å². The second-order valence-corrected chi connectivity index (χ2v) is 13.9. The van der Waals surface area contributed by atoms with E-state index in [0.717, 1.165) is 30.8 Å². The molecule has 0 fully saturated rings. The normalized spacial score (nSPS) is 11.2. The van der Waals surface area contributed by atoms with Gasteiger partial charge in [0.05, 0.1) is 13.2 Å². The standard InChI is InChI=1S/C42H46I2O4/c1-4-34-30-33(14-13-32-17-22-36(23-18-32)47-28-11-29-48-40(45)5-2)19-24-37(34)39-26-25-38(41(43)42(39)44)35-20-15-31(16-21-35)12-9-7-6-8-10-27-46-3/h5,13-26,30H,2,4,6-12,27-29H2,1,3H3/b14-13+. The summed E-state index contributed by atoms with van der Waals surface area (Å²) in [5, 5.41) is 0. The van der Waals surface area contributed by atoms with Gasteiger partial charge in [0, 0.05) is 33.4 Å². The zero-order valence-electron chi connectivity index (χ0n) is 28.1. The fraction of sp³-hybridized carbons (Fsp3) is 0.310. The van der Waals surface area contributed by atoms with E-state index in [2.05, 4.69) is 125 Å². The molecular formula is C42H46I2O4. The maximum absolute atomic E-state index is 11.1. The summed E-state index contributed by atoms with van der Waals surface area (Å²) in [4.78, 5) is 11.1. The van der Waals surface area contributed by atoms with Gasteiger partial charge >= 0.3 is 5.97 Å². The van der Waals surface area contributed by atoms with Gasteiger partial charge in [-0.2, -0.15) is 0 Å². The summed E-state index contributed by atoms with van der Waals surface area (Å²) < 4.78 is 18.5. The molecule has 0 radical (unpaired) electrons. The Morgan fingerprint density at radius 1 is 0.708 bits per heavy atom. The minimum atomic E-state index is -0.408. The number of ether oxygens (including phenoxy) is 3. The van der Waals surface area contributed by atoms with Crippen molar-refractivity contribution in [2.24, 2.45) is 0 Å².